The Morgan fingerprint density at radius 3 is 3.54 bits per heavy atom. The summed E-state index contributed by atoms with van der Waals surface area (Å²) in [5.74, 6) is 2.02. The second kappa shape index (κ2) is 5.20. The lowest BCUT2D eigenvalue weighted by Gasteiger charge is -2.06. The summed E-state index contributed by atoms with van der Waals surface area (Å²) < 4.78 is 16.7. The molecule has 1 rings (SSSR count). The smallest absolute Gasteiger partial charge is 0.310 e. The molecule has 1 aliphatic heterocycles. The van der Waals surface area contributed by atoms with Crippen molar-refractivity contribution in [3.8, 4) is 12.3 Å². The van der Waals surface area contributed by atoms with Crippen molar-refractivity contribution in [1.29, 1.82) is 1.34 Å². The number of hydrogen-bond acceptors (Lipinski definition) is 4. The zero-order chi connectivity index (χ0) is 10.4. The maximum Gasteiger partial charge on any atom is 0.310 e. The Kier molecular flexibility index (Phi) is 3.59. The largest absolute Gasteiger partial charge is 0.460 e. The van der Waals surface area contributed by atoms with E-state index in [1.807, 2.05) is 0 Å². The molecule has 0 bridgehead atoms. The van der Waals surface area contributed by atoms with Crippen molar-refractivity contribution in [1.82, 2.24) is 0 Å². The molecule has 0 spiro atoms. The number of carbonyl (C=O) groups is 1. The fourth-order valence-corrected chi connectivity index (χ4v) is 1.48. The lowest BCUT2D eigenvalue weighted by molar-refractivity contribution is -0.144. The number of rotatable bonds is 5. The number of esters is 1. The van der Waals surface area contributed by atoms with Crippen molar-refractivity contribution in [3.63, 3.8) is 0 Å². The quantitative estimate of drug-likeness (QED) is 0.211. The second-order valence-electron chi connectivity index (χ2n) is 2.78. The first-order valence-corrected chi connectivity index (χ1v) is 4.70. The predicted molar refractivity (Wildman–Crippen MR) is 52.1 cm³/mol. The van der Waals surface area contributed by atoms with Gasteiger partial charge in [0.2, 0.25) is 7.09 Å². The van der Waals surface area contributed by atoms with E-state index in [-0.39, 0.29) is 18.0 Å². The van der Waals surface area contributed by atoms with E-state index in [1.54, 1.807) is 0 Å². The van der Waals surface area contributed by atoms with E-state index in [9.17, 15) is 4.79 Å². The molecule has 0 amide bonds. The van der Waals surface area contributed by atoms with Crippen LogP contribution in [-0.2, 0) is 13.7 Å². The predicted octanol–water partition coefficient (Wildman–Crippen LogP) is 0.422. The minimum atomic E-state index is -0.239. The summed E-state index contributed by atoms with van der Waals surface area (Å²) in [6.07, 6.45) is 5.94. The van der Waals surface area contributed by atoms with E-state index < -0.39 is 0 Å². The monoisotopic (exact) mass is 199 g/mol. The number of ether oxygens (including phenoxy) is 1. The maximum absolute atomic E-state index is 11.2. The SMILES string of the molecule is [3H][B]SOC[C@@H]1C[C@@H](CC#C)C(=O)O1. The van der Waals surface area contributed by atoms with Gasteiger partial charge in [0, 0.05) is 12.8 Å². The van der Waals surface area contributed by atoms with E-state index in [0.717, 1.165) is 19.0 Å². The molecule has 1 fully saturated rings. The molecule has 1 aliphatic rings. The number of carbonyl (C=O) groups excluding carboxylic acids is 1. The molecule has 0 aromatic carbocycles. The lowest BCUT2D eigenvalue weighted by atomic mass is 10.0. The zero-order valence-corrected chi connectivity index (χ0v) is 7.88. The third kappa shape index (κ3) is 2.98. The molecule has 0 aromatic heterocycles. The molecule has 0 saturated carbocycles. The van der Waals surface area contributed by atoms with Crippen molar-refractivity contribution >= 4 is 25.0 Å². The van der Waals surface area contributed by atoms with Crippen LogP contribution in [0.5, 0.6) is 0 Å². The zero-order valence-electron chi connectivity index (χ0n) is 8.06. The molecular weight excluding hydrogens is 187 g/mol. The minimum absolute atomic E-state index is 0.182. The summed E-state index contributed by atoms with van der Waals surface area (Å²) in [6.45, 7) is 0.312. The first-order valence-electron chi connectivity index (χ1n) is 4.48. The van der Waals surface area contributed by atoms with E-state index in [4.69, 9.17) is 16.7 Å². The Labute approximate surface area is 84.4 Å². The van der Waals surface area contributed by atoms with Gasteiger partial charge in [0.25, 0.3) is 0 Å². The molecule has 69 valence electrons. The number of cyclic esters (lactones) is 1. The van der Waals surface area contributed by atoms with E-state index in [2.05, 4.69) is 5.92 Å². The molecular formula is C8H10BO3S. The highest BCUT2D eigenvalue weighted by molar-refractivity contribution is 8.15. The van der Waals surface area contributed by atoms with Crippen LogP contribution in [0.1, 0.15) is 12.8 Å². The summed E-state index contributed by atoms with van der Waals surface area (Å²) in [6, 6.07) is 0. The first kappa shape index (κ1) is 8.98. The van der Waals surface area contributed by atoms with Crippen LogP contribution in [0.25, 0.3) is 0 Å². The van der Waals surface area contributed by atoms with Crippen molar-refractivity contribution in [2.24, 2.45) is 5.92 Å². The van der Waals surface area contributed by atoms with Crippen LogP contribution in [0.3, 0.4) is 0 Å². The van der Waals surface area contributed by atoms with Gasteiger partial charge >= 0.3 is 5.97 Å². The molecule has 5 heteroatoms. The molecule has 0 unspecified atom stereocenters. The Hall–Kier alpha value is -0.595. The molecule has 1 saturated heterocycles. The molecule has 1 radical (unpaired) electrons. The van der Waals surface area contributed by atoms with Crippen LogP contribution in [0.15, 0.2) is 0 Å². The van der Waals surface area contributed by atoms with Gasteiger partial charge in [0.15, 0.2) is 0 Å². The third-order valence-electron chi connectivity index (χ3n) is 1.85. The van der Waals surface area contributed by atoms with E-state index >= 15 is 0 Å². The standard InChI is InChI=1S/C8H10BO3S/c1-2-3-6-4-7(5-11-13-9)12-8(6)10/h1,6-7,9H,3-5H2/t6-,7+/m1/s1/i9T. The van der Waals surface area contributed by atoms with Crippen LogP contribution >= 0.6 is 11.9 Å². The summed E-state index contributed by atoms with van der Waals surface area (Å²) in [4.78, 5) is 11.2. The van der Waals surface area contributed by atoms with E-state index in [1.165, 1.54) is 0 Å². The van der Waals surface area contributed by atoms with Crippen molar-refractivity contribution in [2.45, 2.75) is 18.9 Å². The van der Waals surface area contributed by atoms with Gasteiger partial charge in [0.1, 0.15) is 6.10 Å². The van der Waals surface area contributed by atoms with Crippen molar-refractivity contribution in [3.05, 3.63) is 0 Å². The fraction of sp³-hybridized carbons (Fsp3) is 0.625. The normalized spacial score (nSPS) is 27.6. The van der Waals surface area contributed by atoms with Gasteiger partial charge in [-0.25, -0.2) is 0 Å². The van der Waals surface area contributed by atoms with Crippen molar-refractivity contribution < 1.29 is 13.7 Å². The van der Waals surface area contributed by atoms with Gasteiger partial charge in [-0.2, -0.15) is 0 Å². The average Bonchev–Trinajstić information content (AvgIpc) is 2.49. The summed E-state index contributed by atoms with van der Waals surface area (Å²) in [7, 11) is 1.08. The second-order valence-corrected chi connectivity index (χ2v) is 3.21. The van der Waals surface area contributed by atoms with Gasteiger partial charge < -0.3 is 8.92 Å². The number of terminal acetylenes is 1. The highest BCUT2D eigenvalue weighted by atomic mass is 32.2. The summed E-state index contributed by atoms with van der Waals surface area (Å²) in [5.41, 5.74) is 0. The molecule has 2 atom stereocenters. The lowest BCUT2D eigenvalue weighted by Crippen LogP contribution is -2.12. The number of hydrogen-bond donors (Lipinski definition) is 0. The molecule has 0 N–H and O–H groups in total. The van der Waals surface area contributed by atoms with Gasteiger partial charge in [0.05, 0.1) is 12.5 Å². The highest BCUT2D eigenvalue weighted by Crippen LogP contribution is 2.24. The van der Waals surface area contributed by atoms with Gasteiger partial charge in [-0.3, -0.25) is 4.79 Å². The van der Waals surface area contributed by atoms with Crippen molar-refractivity contribution in [2.75, 3.05) is 6.61 Å². The van der Waals surface area contributed by atoms with Crippen LogP contribution in [0, 0.1) is 18.3 Å². The van der Waals surface area contributed by atoms with E-state index in [0.29, 0.717) is 19.4 Å². The Balaban J connectivity index is 2.25. The summed E-state index contributed by atoms with van der Waals surface area (Å²) >= 11 is 0.921. The highest BCUT2D eigenvalue weighted by Gasteiger charge is 2.33. The third-order valence-corrected chi connectivity index (χ3v) is 2.12. The Morgan fingerprint density at radius 1 is 2.00 bits per heavy atom. The fourth-order valence-electron chi connectivity index (χ4n) is 1.25. The van der Waals surface area contributed by atoms with Gasteiger partial charge in [-0.1, -0.05) is 11.9 Å². The summed E-state index contributed by atoms with van der Waals surface area (Å²) in [5, 5.41) is 0. The Bertz CT molecular complexity index is 243. The van der Waals surface area contributed by atoms with Crippen LogP contribution < -0.4 is 0 Å². The Morgan fingerprint density at radius 2 is 2.85 bits per heavy atom. The molecule has 1 heterocycles. The molecule has 0 aromatic rings. The minimum Gasteiger partial charge on any atom is -0.460 e. The topological polar surface area (TPSA) is 35.5 Å². The molecule has 0 aliphatic carbocycles. The maximum atomic E-state index is 11.2. The average molecular weight is 199 g/mol. The molecule has 13 heavy (non-hydrogen) atoms. The van der Waals surface area contributed by atoms with Crippen LogP contribution in [-0.4, -0.2) is 27.1 Å². The van der Waals surface area contributed by atoms with Gasteiger partial charge in [-0.05, 0) is 1.34 Å². The first-order chi connectivity index (χ1) is 6.77. The van der Waals surface area contributed by atoms with Gasteiger partial charge in [-0.15, -0.1) is 12.3 Å². The van der Waals surface area contributed by atoms with Crippen LogP contribution in [0.2, 0.25) is 0 Å². The molecule has 3 nitrogen and oxygen atoms in total. The van der Waals surface area contributed by atoms with Crippen LogP contribution in [0.4, 0.5) is 0 Å².